The van der Waals surface area contributed by atoms with Gasteiger partial charge in [-0.05, 0) is 61.2 Å². The minimum absolute atomic E-state index is 0.225. The Labute approximate surface area is 152 Å². The summed E-state index contributed by atoms with van der Waals surface area (Å²) in [5.74, 6) is 0.228. The molecule has 0 aromatic heterocycles. The molecule has 26 heavy (non-hydrogen) atoms. The predicted molar refractivity (Wildman–Crippen MR) is 104 cm³/mol. The summed E-state index contributed by atoms with van der Waals surface area (Å²) in [6.07, 6.45) is 4.15. The van der Waals surface area contributed by atoms with Crippen LogP contribution in [0.15, 0.2) is 48.7 Å². The standard InChI is InChI=1S/C21H22FN3O/c1-14-8-10-25(11-9-14)17-5-3-16(4-6-17)23-13-19-18-7-2-15(22)12-20(18)24-21(19)26/h2-7,12-14,23H,8-11H2,1H3,(H,24,26). The van der Waals surface area contributed by atoms with Crippen molar-refractivity contribution in [1.29, 1.82) is 0 Å². The van der Waals surface area contributed by atoms with Gasteiger partial charge in [-0.3, -0.25) is 4.79 Å². The number of carbonyl (C=O) groups excluding carboxylic acids is 1. The zero-order chi connectivity index (χ0) is 18.1. The normalized spacial score (nSPS) is 18.8. The number of nitrogens with one attached hydrogen (secondary N) is 2. The van der Waals surface area contributed by atoms with Crippen LogP contribution in [0.25, 0.3) is 5.57 Å². The fourth-order valence-corrected chi connectivity index (χ4v) is 3.50. The molecule has 1 fully saturated rings. The van der Waals surface area contributed by atoms with Crippen LogP contribution in [0.1, 0.15) is 25.3 Å². The molecule has 1 amide bonds. The molecule has 2 aromatic rings. The molecule has 2 heterocycles. The largest absolute Gasteiger partial charge is 0.372 e. The smallest absolute Gasteiger partial charge is 0.257 e. The van der Waals surface area contributed by atoms with E-state index < -0.39 is 0 Å². The Kier molecular flexibility index (Phi) is 4.37. The molecule has 2 aromatic carbocycles. The van der Waals surface area contributed by atoms with Gasteiger partial charge in [0.05, 0.1) is 11.3 Å². The highest BCUT2D eigenvalue weighted by Gasteiger charge is 2.24. The van der Waals surface area contributed by atoms with Crippen molar-refractivity contribution in [3.8, 4) is 0 Å². The lowest BCUT2D eigenvalue weighted by atomic mass is 9.99. The SMILES string of the molecule is CC1CCN(c2ccc(NC=C3C(=O)Nc4cc(F)ccc43)cc2)CC1. The molecule has 0 spiro atoms. The highest BCUT2D eigenvalue weighted by Crippen LogP contribution is 2.32. The first-order chi connectivity index (χ1) is 12.6. The summed E-state index contributed by atoms with van der Waals surface area (Å²) in [7, 11) is 0. The lowest BCUT2D eigenvalue weighted by molar-refractivity contribution is -0.110. The zero-order valence-electron chi connectivity index (χ0n) is 14.8. The van der Waals surface area contributed by atoms with Crippen LogP contribution < -0.4 is 15.5 Å². The van der Waals surface area contributed by atoms with Crippen molar-refractivity contribution >= 4 is 28.5 Å². The summed E-state index contributed by atoms with van der Waals surface area (Å²) >= 11 is 0. The first-order valence-corrected chi connectivity index (χ1v) is 9.03. The molecule has 134 valence electrons. The summed E-state index contributed by atoms with van der Waals surface area (Å²) in [5.41, 5.74) is 3.87. The molecule has 1 saturated heterocycles. The van der Waals surface area contributed by atoms with Gasteiger partial charge in [0, 0.05) is 36.2 Å². The number of anilines is 3. The maximum Gasteiger partial charge on any atom is 0.257 e. The Morgan fingerprint density at radius 3 is 2.62 bits per heavy atom. The number of rotatable bonds is 3. The third-order valence-electron chi connectivity index (χ3n) is 5.16. The minimum atomic E-state index is -0.360. The van der Waals surface area contributed by atoms with Crippen LogP contribution in [0.2, 0.25) is 0 Å². The average Bonchev–Trinajstić information content (AvgIpc) is 2.95. The predicted octanol–water partition coefficient (Wildman–Crippen LogP) is 4.47. The van der Waals surface area contributed by atoms with Crippen LogP contribution in [0, 0.1) is 11.7 Å². The molecular formula is C21H22FN3O. The molecule has 2 aliphatic rings. The van der Waals surface area contributed by atoms with E-state index >= 15 is 0 Å². The number of nitrogens with zero attached hydrogens (tertiary/aromatic N) is 1. The summed E-state index contributed by atoms with van der Waals surface area (Å²) in [4.78, 5) is 14.5. The third-order valence-corrected chi connectivity index (χ3v) is 5.16. The van der Waals surface area contributed by atoms with Crippen molar-refractivity contribution in [2.24, 2.45) is 5.92 Å². The number of fused-ring (bicyclic) bond motifs is 1. The zero-order valence-corrected chi connectivity index (χ0v) is 14.8. The lowest BCUT2D eigenvalue weighted by Gasteiger charge is -2.32. The summed E-state index contributed by atoms with van der Waals surface area (Å²) in [5, 5.41) is 5.86. The number of hydrogen-bond donors (Lipinski definition) is 2. The van der Waals surface area contributed by atoms with E-state index in [1.54, 1.807) is 12.3 Å². The van der Waals surface area contributed by atoms with E-state index in [0.29, 0.717) is 16.8 Å². The molecule has 4 rings (SSSR count). The summed E-state index contributed by atoms with van der Waals surface area (Å²) in [6, 6.07) is 12.6. The van der Waals surface area contributed by atoms with Crippen LogP contribution in [-0.2, 0) is 4.79 Å². The first kappa shape index (κ1) is 16.6. The second kappa shape index (κ2) is 6.83. The topological polar surface area (TPSA) is 44.4 Å². The molecule has 0 unspecified atom stereocenters. The highest BCUT2D eigenvalue weighted by atomic mass is 19.1. The van der Waals surface area contributed by atoms with Crippen molar-refractivity contribution in [2.45, 2.75) is 19.8 Å². The molecule has 5 heteroatoms. The number of piperidine rings is 1. The maximum atomic E-state index is 13.3. The van der Waals surface area contributed by atoms with E-state index in [1.807, 2.05) is 12.1 Å². The van der Waals surface area contributed by atoms with Crippen molar-refractivity contribution in [3.05, 3.63) is 60.0 Å². The van der Waals surface area contributed by atoms with Crippen molar-refractivity contribution in [1.82, 2.24) is 0 Å². The second-order valence-electron chi connectivity index (χ2n) is 7.06. The number of halogens is 1. The number of benzene rings is 2. The molecule has 0 atom stereocenters. The minimum Gasteiger partial charge on any atom is -0.372 e. The summed E-state index contributed by atoms with van der Waals surface area (Å²) in [6.45, 7) is 4.51. The van der Waals surface area contributed by atoms with Crippen LogP contribution in [-0.4, -0.2) is 19.0 Å². The Morgan fingerprint density at radius 2 is 1.88 bits per heavy atom. The molecule has 2 aliphatic heterocycles. The fourth-order valence-electron chi connectivity index (χ4n) is 3.50. The molecule has 0 saturated carbocycles. The lowest BCUT2D eigenvalue weighted by Crippen LogP contribution is -2.32. The fraction of sp³-hybridized carbons (Fsp3) is 0.286. The van der Waals surface area contributed by atoms with E-state index in [-0.39, 0.29) is 11.7 Å². The van der Waals surface area contributed by atoms with Gasteiger partial charge in [-0.15, -0.1) is 0 Å². The Hall–Kier alpha value is -2.82. The second-order valence-corrected chi connectivity index (χ2v) is 7.06. The van der Waals surface area contributed by atoms with Crippen molar-refractivity contribution < 1.29 is 9.18 Å². The van der Waals surface area contributed by atoms with Crippen LogP contribution in [0.3, 0.4) is 0 Å². The van der Waals surface area contributed by atoms with Crippen LogP contribution in [0.5, 0.6) is 0 Å². The quantitative estimate of drug-likeness (QED) is 0.802. The van der Waals surface area contributed by atoms with E-state index in [0.717, 1.165) is 24.7 Å². The maximum absolute atomic E-state index is 13.3. The molecule has 4 nitrogen and oxygen atoms in total. The number of carbonyl (C=O) groups is 1. The van der Waals surface area contributed by atoms with Crippen molar-refractivity contribution in [3.63, 3.8) is 0 Å². The Bertz CT molecular complexity index is 852. The molecular weight excluding hydrogens is 329 g/mol. The van der Waals surface area contributed by atoms with Gasteiger partial charge in [0.2, 0.25) is 0 Å². The number of hydrogen-bond acceptors (Lipinski definition) is 3. The molecule has 0 bridgehead atoms. The monoisotopic (exact) mass is 351 g/mol. The number of amides is 1. The van der Waals surface area contributed by atoms with Gasteiger partial charge >= 0.3 is 0 Å². The Morgan fingerprint density at radius 1 is 1.15 bits per heavy atom. The van der Waals surface area contributed by atoms with Gasteiger partial charge in [0.1, 0.15) is 5.82 Å². The molecule has 2 N–H and O–H groups in total. The van der Waals surface area contributed by atoms with E-state index in [1.165, 1.54) is 30.7 Å². The Balaban J connectivity index is 1.47. The van der Waals surface area contributed by atoms with Crippen molar-refractivity contribution in [2.75, 3.05) is 28.6 Å². The van der Waals surface area contributed by atoms with Gasteiger partial charge in [-0.2, -0.15) is 0 Å². The van der Waals surface area contributed by atoms with Gasteiger partial charge in [-0.1, -0.05) is 6.92 Å². The van der Waals surface area contributed by atoms with Crippen LogP contribution >= 0.6 is 0 Å². The molecule has 0 aliphatic carbocycles. The average molecular weight is 351 g/mol. The third kappa shape index (κ3) is 3.29. The van der Waals surface area contributed by atoms with Gasteiger partial charge in [-0.25, -0.2) is 4.39 Å². The van der Waals surface area contributed by atoms with E-state index in [2.05, 4.69) is 34.6 Å². The van der Waals surface area contributed by atoms with Gasteiger partial charge < -0.3 is 15.5 Å². The van der Waals surface area contributed by atoms with E-state index in [4.69, 9.17) is 0 Å². The summed E-state index contributed by atoms with van der Waals surface area (Å²) < 4.78 is 13.3. The highest BCUT2D eigenvalue weighted by molar-refractivity contribution is 6.31. The molecule has 0 radical (unpaired) electrons. The first-order valence-electron chi connectivity index (χ1n) is 9.03. The van der Waals surface area contributed by atoms with Crippen LogP contribution in [0.4, 0.5) is 21.5 Å². The van der Waals surface area contributed by atoms with E-state index in [9.17, 15) is 9.18 Å². The van der Waals surface area contributed by atoms with Gasteiger partial charge in [0.15, 0.2) is 0 Å². The van der Waals surface area contributed by atoms with Gasteiger partial charge in [0.25, 0.3) is 5.91 Å².